The van der Waals surface area contributed by atoms with E-state index in [1.165, 1.54) is 0 Å². The number of urea groups is 1. The molecule has 1 aromatic carbocycles. The van der Waals surface area contributed by atoms with Gasteiger partial charge in [-0.1, -0.05) is 0 Å². The Bertz CT molecular complexity index is 397. The molecule has 0 aromatic heterocycles. The van der Waals surface area contributed by atoms with E-state index in [4.69, 9.17) is 14.3 Å². The lowest BCUT2D eigenvalue weighted by Gasteiger charge is -1.95. The number of nitrogens with two attached hydrogens (primary N) is 2. The minimum absolute atomic E-state index is 0.301. The molecule has 0 radical (unpaired) electrons. The van der Waals surface area contributed by atoms with Gasteiger partial charge >= 0.3 is 6.03 Å². The van der Waals surface area contributed by atoms with Crippen molar-refractivity contribution in [3.8, 4) is 17.2 Å². The molecule has 0 atom stereocenters. The van der Waals surface area contributed by atoms with Gasteiger partial charge in [-0.3, -0.25) is 0 Å². The third kappa shape index (κ3) is 3.49. The highest BCUT2D eigenvalue weighted by atomic mass is 16.6. The van der Waals surface area contributed by atoms with E-state index in [0.29, 0.717) is 11.5 Å². The Balaban J connectivity index is 0.000000323. The Morgan fingerprint density at radius 3 is 2.25 bits per heavy atom. The Morgan fingerprint density at radius 1 is 1.38 bits per heavy atom. The first-order valence-corrected chi connectivity index (χ1v) is 4.28. The number of ether oxygens (including phenoxy) is 1. The number of amides is 2. The van der Waals surface area contributed by atoms with Crippen LogP contribution in [0.2, 0.25) is 0 Å². The van der Waals surface area contributed by atoms with Crippen LogP contribution in [0.1, 0.15) is 11.1 Å². The molecule has 1 heterocycles. The van der Waals surface area contributed by atoms with Crippen molar-refractivity contribution in [1.29, 1.82) is 0 Å². The number of phenols is 1. The third-order valence-electron chi connectivity index (χ3n) is 1.90. The smallest absolute Gasteiger partial charge is 0.309 e. The molecule has 5 N–H and O–H groups in total. The first-order valence-electron chi connectivity index (χ1n) is 4.28. The van der Waals surface area contributed by atoms with Crippen molar-refractivity contribution in [1.82, 2.24) is 0 Å². The molecule has 0 bridgehead atoms. The fourth-order valence-electron chi connectivity index (χ4n) is 1.01. The van der Waals surface area contributed by atoms with E-state index in [9.17, 15) is 5.11 Å². The molecule has 16 heavy (non-hydrogen) atoms. The van der Waals surface area contributed by atoms with E-state index in [2.05, 4.69) is 11.5 Å². The molecule has 6 nitrogen and oxygen atoms in total. The van der Waals surface area contributed by atoms with Crippen molar-refractivity contribution in [2.24, 2.45) is 11.5 Å². The number of fused-ring (bicyclic) bond motifs is 1. The SMILES string of the molecule is C=O.Cc1cc2c(c(O)c1C)O2.NC(N)=O. The topological polar surface area (TPSA) is 119 Å². The number of benzene rings is 1. The maximum absolute atomic E-state index is 9.31. The maximum Gasteiger partial charge on any atom is 0.309 e. The maximum atomic E-state index is 9.31. The predicted molar refractivity (Wildman–Crippen MR) is 58.5 cm³/mol. The Kier molecular flexibility index (Phi) is 4.81. The van der Waals surface area contributed by atoms with Crippen LogP contribution in [0.3, 0.4) is 0 Å². The van der Waals surface area contributed by atoms with Crippen molar-refractivity contribution in [2.75, 3.05) is 0 Å². The third-order valence-corrected chi connectivity index (χ3v) is 1.90. The molecule has 2 amide bonds. The van der Waals surface area contributed by atoms with E-state index in [1.807, 2.05) is 26.7 Å². The number of carbonyl (C=O) groups is 2. The van der Waals surface area contributed by atoms with E-state index in [-0.39, 0.29) is 0 Å². The van der Waals surface area contributed by atoms with Gasteiger partial charge in [0.2, 0.25) is 5.75 Å². The van der Waals surface area contributed by atoms with Crippen LogP contribution in [0.5, 0.6) is 17.2 Å². The average molecular weight is 226 g/mol. The second-order valence-corrected chi connectivity index (χ2v) is 3.00. The quantitative estimate of drug-likeness (QED) is 0.579. The van der Waals surface area contributed by atoms with Gasteiger partial charge in [0.1, 0.15) is 6.79 Å². The highest BCUT2D eigenvalue weighted by molar-refractivity contribution is 5.69. The monoisotopic (exact) mass is 226 g/mol. The summed E-state index contributed by atoms with van der Waals surface area (Å²) < 4.78 is 4.98. The molecular formula is C10H14N2O4. The Labute approximate surface area is 92.8 Å². The first kappa shape index (κ1) is 13.8. The summed E-state index contributed by atoms with van der Waals surface area (Å²) in [4.78, 5) is 17.0. The van der Waals surface area contributed by atoms with Crippen molar-refractivity contribution in [3.63, 3.8) is 0 Å². The van der Waals surface area contributed by atoms with E-state index >= 15 is 0 Å². The molecular weight excluding hydrogens is 212 g/mol. The van der Waals surface area contributed by atoms with Gasteiger partial charge in [0, 0.05) is 0 Å². The van der Waals surface area contributed by atoms with Gasteiger partial charge in [0.25, 0.3) is 0 Å². The highest BCUT2D eigenvalue weighted by Crippen LogP contribution is 2.54. The lowest BCUT2D eigenvalue weighted by atomic mass is 10.1. The van der Waals surface area contributed by atoms with Crippen molar-refractivity contribution in [2.45, 2.75) is 13.8 Å². The summed E-state index contributed by atoms with van der Waals surface area (Å²) in [6, 6.07) is 1.10. The summed E-state index contributed by atoms with van der Waals surface area (Å²) in [5.41, 5.74) is 10.5. The summed E-state index contributed by atoms with van der Waals surface area (Å²) >= 11 is 0. The van der Waals surface area contributed by atoms with Gasteiger partial charge in [0.15, 0.2) is 11.5 Å². The molecule has 6 heteroatoms. The molecule has 0 unspecified atom stereocenters. The van der Waals surface area contributed by atoms with Crippen LogP contribution in [0.25, 0.3) is 0 Å². The predicted octanol–water partition coefficient (Wildman–Crippen LogP) is 0.954. The van der Waals surface area contributed by atoms with E-state index in [1.54, 1.807) is 0 Å². The minimum Gasteiger partial charge on any atom is -0.504 e. The van der Waals surface area contributed by atoms with Crippen LogP contribution in [0.4, 0.5) is 4.79 Å². The molecule has 0 aliphatic carbocycles. The Morgan fingerprint density at radius 2 is 1.81 bits per heavy atom. The van der Waals surface area contributed by atoms with Crippen LogP contribution >= 0.6 is 0 Å². The molecule has 0 fully saturated rings. The summed E-state index contributed by atoms with van der Waals surface area (Å²) in [7, 11) is 0. The molecule has 1 aliphatic rings. The standard InChI is InChI=1S/C8H8O2.CH4N2O.CH2O/c1-4-3-6-8(10-6)7(9)5(4)2;2-1(3)4;1-2/h3,9H,1-2H3;(H4,2,3,4);1H2. The first-order chi connectivity index (χ1) is 7.43. The number of rotatable bonds is 0. The number of hydrogen-bond acceptors (Lipinski definition) is 4. The molecule has 1 aromatic rings. The number of primary amides is 2. The highest BCUT2D eigenvalue weighted by Gasteiger charge is 2.26. The lowest BCUT2D eigenvalue weighted by Crippen LogP contribution is -2.18. The number of aromatic hydroxyl groups is 1. The van der Waals surface area contributed by atoms with Gasteiger partial charge in [-0.15, -0.1) is 0 Å². The van der Waals surface area contributed by atoms with Crippen molar-refractivity contribution < 1.29 is 19.4 Å². The molecule has 0 saturated heterocycles. The second-order valence-electron chi connectivity index (χ2n) is 3.00. The number of phenolic OH excluding ortho intramolecular Hbond substituents is 1. The second kappa shape index (κ2) is 5.59. The fourth-order valence-corrected chi connectivity index (χ4v) is 1.01. The van der Waals surface area contributed by atoms with Gasteiger partial charge < -0.3 is 26.1 Å². The zero-order valence-corrected chi connectivity index (χ0v) is 9.11. The normalized spacial score (nSPS) is 9.38. The fraction of sp³-hybridized carbons (Fsp3) is 0.200. The zero-order chi connectivity index (χ0) is 12.9. The zero-order valence-electron chi connectivity index (χ0n) is 9.11. The van der Waals surface area contributed by atoms with Crippen LogP contribution in [-0.2, 0) is 4.79 Å². The van der Waals surface area contributed by atoms with Gasteiger partial charge in [-0.05, 0) is 31.0 Å². The summed E-state index contributed by atoms with van der Waals surface area (Å²) in [6.07, 6.45) is 0. The van der Waals surface area contributed by atoms with Crippen molar-refractivity contribution in [3.05, 3.63) is 17.2 Å². The number of hydrogen-bond donors (Lipinski definition) is 3. The van der Waals surface area contributed by atoms with Crippen LogP contribution in [0, 0.1) is 13.8 Å². The molecule has 0 spiro atoms. The van der Waals surface area contributed by atoms with E-state index < -0.39 is 6.03 Å². The van der Waals surface area contributed by atoms with Crippen LogP contribution in [0.15, 0.2) is 6.07 Å². The van der Waals surface area contributed by atoms with Crippen LogP contribution < -0.4 is 16.2 Å². The average Bonchev–Trinajstić information content (AvgIpc) is 2.96. The molecule has 88 valence electrons. The number of carbonyl (C=O) groups excluding carboxylic acids is 2. The van der Waals surface area contributed by atoms with Gasteiger partial charge in [-0.2, -0.15) is 0 Å². The van der Waals surface area contributed by atoms with E-state index in [0.717, 1.165) is 16.9 Å². The van der Waals surface area contributed by atoms with Crippen LogP contribution in [-0.4, -0.2) is 17.9 Å². The molecule has 0 saturated carbocycles. The summed E-state index contributed by atoms with van der Waals surface area (Å²) in [6.45, 7) is 5.84. The summed E-state index contributed by atoms with van der Waals surface area (Å²) in [5, 5.41) is 9.31. The minimum atomic E-state index is -0.833. The molecule has 2 rings (SSSR count). The van der Waals surface area contributed by atoms with Gasteiger partial charge in [0.05, 0.1) is 0 Å². The summed E-state index contributed by atoms with van der Waals surface area (Å²) in [5.74, 6) is 1.78. The largest absolute Gasteiger partial charge is 0.504 e. The Hall–Kier alpha value is -2.24. The van der Waals surface area contributed by atoms with Crippen molar-refractivity contribution >= 4 is 12.8 Å². The molecule has 1 aliphatic heterocycles. The number of aryl methyl sites for hydroxylation is 1. The lowest BCUT2D eigenvalue weighted by molar-refractivity contribution is -0.0979. The van der Waals surface area contributed by atoms with Gasteiger partial charge in [-0.25, -0.2) is 4.79 Å².